The van der Waals surface area contributed by atoms with E-state index in [2.05, 4.69) is 25.0 Å². The van der Waals surface area contributed by atoms with Crippen LogP contribution in [0.1, 0.15) is 10.7 Å². The molecule has 2 heterocycles. The monoisotopic (exact) mass is 406 g/mol. The quantitative estimate of drug-likeness (QED) is 0.187. The number of hydrogen-bond acceptors (Lipinski definition) is 10. The molecule has 0 spiro atoms. The van der Waals surface area contributed by atoms with E-state index in [9.17, 15) is 22.8 Å². The number of nitrogens with zero attached hydrogens (tertiary/aromatic N) is 3. The summed E-state index contributed by atoms with van der Waals surface area (Å²) >= 11 is 1.24. The summed E-state index contributed by atoms with van der Waals surface area (Å²) in [7, 11) is -2.85. The van der Waals surface area contributed by atoms with Gasteiger partial charge in [-0.1, -0.05) is 5.16 Å². The number of methoxy groups -OCH3 is 1. The third-order valence-corrected chi connectivity index (χ3v) is 4.97. The van der Waals surface area contributed by atoms with Crippen LogP contribution in [-0.2, 0) is 34.3 Å². The molecule has 1 aromatic heterocycles. The Morgan fingerprint density at radius 1 is 1.42 bits per heavy atom. The third kappa shape index (κ3) is 3.66. The molecule has 142 valence electrons. The molecule has 0 radical (unpaired) electrons. The van der Waals surface area contributed by atoms with Crippen LogP contribution in [0.2, 0.25) is 0 Å². The smallest absolute Gasteiger partial charge is 0.363 e. The number of aromatic nitrogens is 1. The van der Waals surface area contributed by atoms with E-state index in [0.717, 1.165) is 7.11 Å². The maximum Gasteiger partial charge on any atom is 0.363 e. The van der Waals surface area contributed by atoms with E-state index in [0.29, 0.717) is 5.01 Å². The second-order valence-electron chi connectivity index (χ2n) is 4.91. The molecule has 1 aromatic rings. The molecule has 0 unspecified atom stereocenters. The van der Waals surface area contributed by atoms with Gasteiger partial charge in [0.15, 0.2) is 11.8 Å². The number of amides is 2. The Morgan fingerprint density at radius 3 is 2.54 bits per heavy atom. The predicted octanol–water partition coefficient (Wildman–Crippen LogP) is -1.53. The van der Waals surface area contributed by atoms with Gasteiger partial charge in [-0.05, 0) is 6.92 Å². The van der Waals surface area contributed by atoms with Crippen LogP contribution in [0.4, 0.5) is 0 Å². The number of rotatable bonds is 6. The van der Waals surface area contributed by atoms with Gasteiger partial charge in [0, 0.05) is 5.38 Å². The number of thiazole rings is 1. The lowest BCUT2D eigenvalue weighted by Gasteiger charge is -2.41. The lowest BCUT2D eigenvalue weighted by molar-refractivity contribution is -0.162. The van der Waals surface area contributed by atoms with Gasteiger partial charge >= 0.3 is 16.3 Å². The molecule has 0 aliphatic carbocycles. The summed E-state index contributed by atoms with van der Waals surface area (Å²) in [5.41, 5.74) is -0.113. The van der Waals surface area contributed by atoms with E-state index in [4.69, 9.17) is 4.55 Å². The lowest BCUT2D eigenvalue weighted by Crippen LogP contribution is -2.74. The second kappa shape index (κ2) is 7.35. The summed E-state index contributed by atoms with van der Waals surface area (Å²) in [4.78, 5) is 44.8. The van der Waals surface area contributed by atoms with Crippen molar-refractivity contribution in [3.63, 3.8) is 0 Å². The fourth-order valence-corrected chi connectivity index (χ4v) is 3.62. The van der Waals surface area contributed by atoms with Crippen LogP contribution in [0, 0.1) is 6.92 Å². The topological polar surface area (TPSA) is 165 Å². The average molecular weight is 406 g/mol. The van der Waals surface area contributed by atoms with Crippen molar-refractivity contribution >= 4 is 45.1 Å². The number of hydrogen-bond donors (Lipinski definition) is 2. The first kappa shape index (κ1) is 19.7. The molecule has 1 aliphatic rings. The highest BCUT2D eigenvalue weighted by molar-refractivity contribution is 7.84. The first-order valence-electron chi connectivity index (χ1n) is 6.84. The molecule has 1 aliphatic heterocycles. The minimum absolute atomic E-state index is 0.0795. The van der Waals surface area contributed by atoms with E-state index in [1.165, 1.54) is 23.8 Å². The molecule has 2 rings (SSSR count). The zero-order chi connectivity index (χ0) is 19.6. The standard InChI is InChI=1S/C12H14N4O8S2/c1-5-13-6(4-25-5)7(15-24-3)10(17)14-8-9(12(19)23-2)16(11(8)18)26(20,21)22/h4,8-9H,1-3H3,(H,14,17)(H,20,21,22)/b15-7-/t8-,9-/m1/s1. The molecule has 0 saturated carbocycles. The molecular weight excluding hydrogens is 392 g/mol. The van der Waals surface area contributed by atoms with Crippen molar-refractivity contribution in [3.8, 4) is 0 Å². The van der Waals surface area contributed by atoms with E-state index in [1.54, 1.807) is 6.92 Å². The first-order valence-corrected chi connectivity index (χ1v) is 9.12. The van der Waals surface area contributed by atoms with Gasteiger partial charge < -0.3 is 14.9 Å². The fourth-order valence-electron chi connectivity index (χ4n) is 2.19. The summed E-state index contributed by atoms with van der Waals surface area (Å²) in [5, 5.41) is 7.88. The summed E-state index contributed by atoms with van der Waals surface area (Å²) in [6.45, 7) is 1.70. The highest BCUT2D eigenvalue weighted by atomic mass is 32.2. The molecule has 1 fully saturated rings. The molecular formula is C12H14N4O8S2. The highest BCUT2D eigenvalue weighted by Gasteiger charge is 2.58. The van der Waals surface area contributed by atoms with Crippen LogP contribution in [0.5, 0.6) is 0 Å². The third-order valence-electron chi connectivity index (χ3n) is 3.29. The Kier molecular flexibility index (Phi) is 5.58. The molecule has 12 nitrogen and oxygen atoms in total. The molecule has 0 aromatic carbocycles. The van der Waals surface area contributed by atoms with Crippen molar-refractivity contribution in [2.45, 2.75) is 19.0 Å². The number of ether oxygens (including phenoxy) is 1. The predicted molar refractivity (Wildman–Crippen MR) is 86.5 cm³/mol. The van der Waals surface area contributed by atoms with Crippen molar-refractivity contribution in [2.75, 3.05) is 14.2 Å². The minimum Gasteiger partial charge on any atom is -0.467 e. The van der Waals surface area contributed by atoms with Crippen LogP contribution >= 0.6 is 11.3 Å². The van der Waals surface area contributed by atoms with Crippen LogP contribution in [0.25, 0.3) is 0 Å². The Balaban J connectivity index is 2.27. The minimum atomic E-state index is -5.00. The molecule has 14 heteroatoms. The summed E-state index contributed by atoms with van der Waals surface area (Å²) in [6, 6.07) is -3.31. The molecule has 2 atom stereocenters. The first-order chi connectivity index (χ1) is 12.1. The van der Waals surface area contributed by atoms with Crippen LogP contribution in [0.15, 0.2) is 10.5 Å². The summed E-state index contributed by atoms with van der Waals surface area (Å²) in [5.74, 6) is -3.27. The summed E-state index contributed by atoms with van der Waals surface area (Å²) in [6.07, 6.45) is 0. The van der Waals surface area contributed by atoms with Gasteiger partial charge in [-0.25, -0.2) is 9.78 Å². The number of aryl methyl sites for hydroxylation is 1. The van der Waals surface area contributed by atoms with Gasteiger partial charge in [0.1, 0.15) is 18.8 Å². The van der Waals surface area contributed by atoms with Crippen molar-refractivity contribution < 1.29 is 36.9 Å². The number of β-lactam (4-membered cyclic amide) rings is 1. The van der Waals surface area contributed by atoms with E-state index >= 15 is 0 Å². The van der Waals surface area contributed by atoms with Crippen molar-refractivity contribution in [1.82, 2.24) is 14.6 Å². The van der Waals surface area contributed by atoms with E-state index in [-0.39, 0.29) is 15.7 Å². The van der Waals surface area contributed by atoms with Gasteiger partial charge in [0.05, 0.1) is 12.1 Å². The van der Waals surface area contributed by atoms with Gasteiger partial charge in [-0.3, -0.25) is 14.1 Å². The van der Waals surface area contributed by atoms with Gasteiger partial charge in [0.2, 0.25) is 0 Å². The maximum atomic E-state index is 12.4. The zero-order valence-electron chi connectivity index (χ0n) is 13.7. The molecule has 2 N–H and O–H groups in total. The Morgan fingerprint density at radius 2 is 2.08 bits per heavy atom. The molecule has 2 amide bonds. The number of oxime groups is 1. The maximum absolute atomic E-state index is 12.4. The lowest BCUT2D eigenvalue weighted by atomic mass is 9.98. The average Bonchev–Trinajstić information content (AvgIpc) is 2.98. The fraction of sp³-hybridized carbons (Fsp3) is 0.417. The normalized spacial score (nSPS) is 20.4. The van der Waals surface area contributed by atoms with Crippen molar-refractivity contribution in [3.05, 3.63) is 16.1 Å². The molecule has 1 saturated heterocycles. The van der Waals surface area contributed by atoms with Gasteiger partial charge in [-0.2, -0.15) is 12.7 Å². The number of carbonyl (C=O) groups excluding carboxylic acids is 3. The SMILES string of the molecule is CO/N=C(\C(=O)N[C@H]1C(=O)N(S(=O)(=O)O)[C@H]1C(=O)OC)c1csc(C)n1. The van der Waals surface area contributed by atoms with Crippen molar-refractivity contribution in [2.24, 2.45) is 5.16 Å². The van der Waals surface area contributed by atoms with Gasteiger partial charge in [0.25, 0.3) is 11.8 Å². The van der Waals surface area contributed by atoms with Crippen molar-refractivity contribution in [1.29, 1.82) is 0 Å². The second-order valence-corrected chi connectivity index (χ2v) is 7.26. The van der Waals surface area contributed by atoms with E-state index in [1.807, 2.05) is 0 Å². The number of carbonyl (C=O) groups is 3. The van der Waals surface area contributed by atoms with E-state index < -0.39 is 40.2 Å². The highest BCUT2D eigenvalue weighted by Crippen LogP contribution is 2.25. The zero-order valence-corrected chi connectivity index (χ0v) is 15.3. The Hall–Kier alpha value is -2.58. The van der Waals surface area contributed by atoms with Crippen LogP contribution in [0.3, 0.4) is 0 Å². The number of esters is 1. The molecule has 0 bridgehead atoms. The summed E-state index contributed by atoms with van der Waals surface area (Å²) < 4.78 is 35.9. The van der Waals surface area contributed by atoms with Crippen LogP contribution < -0.4 is 5.32 Å². The largest absolute Gasteiger partial charge is 0.467 e. The molecule has 26 heavy (non-hydrogen) atoms. The van der Waals surface area contributed by atoms with Crippen LogP contribution in [-0.4, -0.2) is 72.1 Å². The Bertz CT molecular complexity index is 878. The number of nitrogens with one attached hydrogen (secondary N) is 1. The Labute approximate surface area is 151 Å². The van der Waals surface area contributed by atoms with Gasteiger partial charge in [-0.15, -0.1) is 11.3 Å².